The van der Waals surface area contributed by atoms with Crippen LogP contribution in [0.25, 0.3) is 0 Å². The maximum atomic E-state index is 11.6. The highest BCUT2D eigenvalue weighted by molar-refractivity contribution is 5.93. The van der Waals surface area contributed by atoms with E-state index in [1.54, 1.807) is 18.2 Å². The van der Waals surface area contributed by atoms with Crippen molar-refractivity contribution in [3.8, 4) is 0 Å². The molecule has 1 amide bonds. The highest BCUT2D eigenvalue weighted by atomic mass is 16.4. The standard InChI is InChI=1S/C11H9N3O3/c15-10(16)8-3-1-4-9(7-8)13-11(17)14-6-2-5-12-14/h1-7H,(H,13,17)(H,15,16). The van der Waals surface area contributed by atoms with Gasteiger partial charge in [-0.1, -0.05) is 6.07 Å². The molecule has 0 unspecified atom stereocenters. The Morgan fingerprint density at radius 3 is 2.76 bits per heavy atom. The predicted molar refractivity (Wildman–Crippen MR) is 60.0 cm³/mol. The van der Waals surface area contributed by atoms with Gasteiger partial charge in [0.25, 0.3) is 0 Å². The number of nitrogens with one attached hydrogen (secondary N) is 1. The van der Waals surface area contributed by atoms with Crippen molar-refractivity contribution in [2.75, 3.05) is 5.32 Å². The van der Waals surface area contributed by atoms with Crippen molar-refractivity contribution >= 4 is 17.7 Å². The molecular weight excluding hydrogens is 222 g/mol. The van der Waals surface area contributed by atoms with Gasteiger partial charge in [-0.3, -0.25) is 0 Å². The number of anilines is 1. The van der Waals surface area contributed by atoms with Crippen LogP contribution in [0.4, 0.5) is 10.5 Å². The minimum Gasteiger partial charge on any atom is -0.478 e. The number of aromatic carboxylic acids is 1. The Bertz CT molecular complexity index is 549. The van der Waals surface area contributed by atoms with E-state index < -0.39 is 12.0 Å². The van der Waals surface area contributed by atoms with Gasteiger partial charge in [0.05, 0.1) is 5.56 Å². The Hall–Kier alpha value is -2.63. The second kappa shape index (κ2) is 4.48. The number of amides is 1. The molecule has 0 aliphatic rings. The molecule has 0 saturated carbocycles. The summed E-state index contributed by atoms with van der Waals surface area (Å²) in [6.45, 7) is 0. The van der Waals surface area contributed by atoms with Gasteiger partial charge in [0.15, 0.2) is 0 Å². The van der Waals surface area contributed by atoms with E-state index in [2.05, 4.69) is 10.4 Å². The zero-order valence-electron chi connectivity index (χ0n) is 8.70. The zero-order valence-corrected chi connectivity index (χ0v) is 8.70. The fourth-order valence-electron chi connectivity index (χ4n) is 1.30. The van der Waals surface area contributed by atoms with Crippen molar-refractivity contribution in [3.63, 3.8) is 0 Å². The van der Waals surface area contributed by atoms with Crippen LogP contribution in [0, 0.1) is 0 Å². The molecule has 2 rings (SSSR count). The van der Waals surface area contributed by atoms with Crippen LogP contribution in [0.15, 0.2) is 42.7 Å². The third-order valence-electron chi connectivity index (χ3n) is 2.07. The van der Waals surface area contributed by atoms with E-state index in [1.165, 1.54) is 24.5 Å². The lowest BCUT2D eigenvalue weighted by atomic mass is 10.2. The van der Waals surface area contributed by atoms with Gasteiger partial charge >= 0.3 is 12.0 Å². The Morgan fingerprint density at radius 1 is 1.29 bits per heavy atom. The fraction of sp³-hybridized carbons (Fsp3) is 0. The van der Waals surface area contributed by atoms with Gasteiger partial charge in [-0.15, -0.1) is 0 Å². The van der Waals surface area contributed by atoms with Gasteiger partial charge in [0, 0.05) is 18.1 Å². The van der Waals surface area contributed by atoms with Crippen molar-refractivity contribution < 1.29 is 14.7 Å². The monoisotopic (exact) mass is 231 g/mol. The molecule has 0 fully saturated rings. The number of rotatable bonds is 2. The van der Waals surface area contributed by atoms with Gasteiger partial charge < -0.3 is 10.4 Å². The zero-order chi connectivity index (χ0) is 12.3. The van der Waals surface area contributed by atoms with Gasteiger partial charge in [-0.05, 0) is 24.3 Å². The highest BCUT2D eigenvalue weighted by Gasteiger charge is 2.07. The molecule has 1 heterocycles. The van der Waals surface area contributed by atoms with Crippen LogP contribution in [0.2, 0.25) is 0 Å². The van der Waals surface area contributed by atoms with Gasteiger partial charge in [0.1, 0.15) is 0 Å². The lowest BCUT2D eigenvalue weighted by Crippen LogP contribution is -2.19. The van der Waals surface area contributed by atoms with E-state index in [1.807, 2.05) is 0 Å². The first kappa shape index (κ1) is 10.9. The predicted octanol–water partition coefficient (Wildman–Crippen LogP) is 1.66. The first-order valence-corrected chi connectivity index (χ1v) is 4.81. The summed E-state index contributed by atoms with van der Waals surface area (Å²) in [4.78, 5) is 22.3. The van der Waals surface area contributed by atoms with Crippen LogP contribution in [0.5, 0.6) is 0 Å². The van der Waals surface area contributed by atoms with E-state index in [9.17, 15) is 9.59 Å². The van der Waals surface area contributed by atoms with E-state index in [0.717, 1.165) is 4.68 Å². The number of hydrogen-bond donors (Lipinski definition) is 2. The number of carboxylic acid groups (broad SMARTS) is 1. The first-order chi connectivity index (χ1) is 8.16. The summed E-state index contributed by atoms with van der Waals surface area (Å²) in [7, 11) is 0. The third-order valence-corrected chi connectivity index (χ3v) is 2.07. The van der Waals surface area contributed by atoms with E-state index in [4.69, 9.17) is 5.11 Å². The van der Waals surface area contributed by atoms with Gasteiger partial charge in [0.2, 0.25) is 0 Å². The molecule has 0 bridgehead atoms. The minimum absolute atomic E-state index is 0.114. The van der Waals surface area contributed by atoms with Crippen molar-refractivity contribution in [2.24, 2.45) is 0 Å². The quantitative estimate of drug-likeness (QED) is 0.823. The van der Waals surface area contributed by atoms with Gasteiger partial charge in [-0.2, -0.15) is 9.78 Å². The van der Waals surface area contributed by atoms with Crippen LogP contribution in [0.3, 0.4) is 0 Å². The smallest absolute Gasteiger partial charge is 0.346 e. The highest BCUT2D eigenvalue weighted by Crippen LogP contribution is 2.10. The van der Waals surface area contributed by atoms with Crippen molar-refractivity contribution in [3.05, 3.63) is 48.3 Å². The second-order valence-electron chi connectivity index (χ2n) is 3.27. The molecule has 0 spiro atoms. The number of benzene rings is 1. The molecule has 86 valence electrons. The van der Waals surface area contributed by atoms with Crippen molar-refractivity contribution in [1.82, 2.24) is 9.78 Å². The summed E-state index contributed by atoms with van der Waals surface area (Å²) in [6, 6.07) is 7.16. The Labute approximate surface area is 96.5 Å². The topological polar surface area (TPSA) is 84.2 Å². The van der Waals surface area contributed by atoms with E-state index in [0.29, 0.717) is 5.69 Å². The maximum Gasteiger partial charge on any atom is 0.346 e. The molecule has 0 saturated heterocycles. The van der Waals surface area contributed by atoms with Gasteiger partial charge in [-0.25, -0.2) is 9.59 Å². The van der Waals surface area contributed by atoms with Crippen LogP contribution in [0.1, 0.15) is 10.4 Å². The summed E-state index contributed by atoms with van der Waals surface area (Å²) in [5.74, 6) is -1.04. The number of carbonyl (C=O) groups is 2. The molecule has 17 heavy (non-hydrogen) atoms. The van der Waals surface area contributed by atoms with Crippen LogP contribution in [-0.2, 0) is 0 Å². The molecule has 1 aromatic heterocycles. The number of carbonyl (C=O) groups excluding carboxylic acids is 1. The Kier molecular flexibility index (Phi) is 2.87. The van der Waals surface area contributed by atoms with Crippen molar-refractivity contribution in [2.45, 2.75) is 0 Å². The molecule has 6 heteroatoms. The first-order valence-electron chi connectivity index (χ1n) is 4.81. The number of hydrogen-bond acceptors (Lipinski definition) is 3. The molecule has 2 N–H and O–H groups in total. The van der Waals surface area contributed by atoms with E-state index in [-0.39, 0.29) is 5.56 Å². The summed E-state index contributed by atoms with van der Waals surface area (Å²) in [6.07, 6.45) is 2.98. The average Bonchev–Trinajstić information content (AvgIpc) is 2.82. The minimum atomic E-state index is -1.04. The third kappa shape index (κ3) is 2.49. The fourth-order valence-corrected chi connectivity index (χ4v) is 1.30. The maximum absolute atomic E-state index is 11.6. The number of aromatic nitrogens is 2. The summed E-state index contributed by atoms with van der Waals surface area (Å²) in [5, 5.41) is 15.1. The van der Waals surface area contributed by atoms with Crippen LogP contribution < -0.4 is 5.32 Å². The lowest BCUT2D eigenvalue weighted by Gasteiger charge is -2.05. The summed E-state index contributed by atoms with van der Waals surface area (Å²) in [5.41, 5.74) is 0.522. The number of carboxylic acids is 1. The molecule has 0 atom stereocenters. The number of nitrogens with zero attached hydrogens (tertiary/aromatic N) is 2. The Morgan fingerprint density at radius 2 is 2.12 bits per heavy atom. The normalized spacial score (nSPS) is 9.88. The molecule has 6 nitrogen and oxygen atoms in total. The Balaban J connectivity index is 2.16. The molecular formula is C11H9N3O3. The molecule has 0 radical (unpaired) electrons. The molecule has 0 aliphatic carbocycles. The van der Waals surface area contributed by atoms with Crippen LogP contribution >= 0.6 is 0 Å². The van der Waals surface area contributed by atoms with Crippen molar-refractivity contribution in [1.29, 1.82) is 0 Å². The molecule has 0 aliphatic heterocycles. The van der Waals surface area contributed by atoms with Crippen LogP contribution in [-0.4, -0.2) is 26.9 Å². The summed E-state index contributed by atoms with van der Waals surface area (Å²) < 4.78 is 1.12. The second-order valence-corrected chi connectivity index (χ2v) is 3.27. The molecule has 1 aromatic carbocycles. The van der Waals surface area contributed by atoms with E-state index >= 15 is 0 Å². The SMILES string of the molecule is O=C(O)c1cccc(NC(=O)n2cccn2)c1. The largest absolute Gasteiger partial charge is 0.478 e. The lowest BCUT2D eigenvalue weighted by molar-refractivity contribution is 0.0697. The average molecular weight is 231 g/mol. The molecule has 2 aromatic rings. The summed E-state index contributed by atoms with van der Waals surface area (Å²) >= 11 is 0.